The minimum Gasteiger partial charge on any atom is -0.506 e. The first-order chi connectivity index (χ1) is 6.29. The van der Waals surface area contributed by atoms with Crippen molar-refractivity contribution in [1.82, 2.24) is 0 Å². The van der Waals surface area contributed by atoms with Crippen molar-refractivity contribution in [3.63, 3.8) is 0 Å². The molecule has 0 amide bonds. The van der Waals surface area contributed by atoms with Crippen LogP contribution in [-0.2, 0) is 0 Å². The number of para-hydroxylation sites is 1. The maximum absolute atomic E-state index is 9.81. The standard InChI is InChI=1S/C10H14OS2/c1-3-12-8-6-5-7-9(10(8)11)13-4-2/h5-7,11H,3-4H2,1-2H3. The van der Waals surface area contributed by atoms with Crippen molar-refractivity contribution in [3.05, 3.63) is 18.2 Å². The highest BCUT2D eigenvalue weighted by Crippen LogP contribution is 2.36. The molecule has 0 saturated heterocycles. The first-order valence-electron chi connectivity index (χ1n) is 4.37. The number of benzene rings is 1. The summed E-state index contributed by atoms with van der Waals surface area (Å²) in [6, 6.07) is 5.92. The molecule has 3 heteroatoms. The molecule has 13 heavy (non-hydrogen) atoms. The van der Waals surface area contributed by atoms with Crippen LogP contribution in [-0.4, -0.2) is 16.6 Å². The van der Waals surface area contributed by atoms with E-state index in [-0.39, 0.29) is 0 Å². The largest absolute Gasteiger partial charge is 0.506 e. The molecule has 1 N–H and O–H groups in total. The first kappa shape index (κ1) is 10.8. The normalized spacial score (nSPS) is 10.3. The number of hydrogen-bond donors (Lipinski definition) is 1. The predicted octanol–water partition coefficient (Wildman–Crippen LogP) is 3.62. The van der Waals surface area contributed by atoms with Crippen molar-refractivity contribution in [2.75, 3.05) is 11.5 Å². The molecule has 1 nitrogen and oxygen atoms in total. The molecule has 0 heterocycles. The second-order valence-electron chi connectivity index (χ2n) is 2.47. The molecular weight excluding hydrogens is 200 g/mol. The van der Waals surface area contributed by atoms with Crippen LogP contribution in [0.1, 0.15) is 13.8 Å². The molecular formula is C10H14OS2. The number of aromatic hydroxyl groups is 1. The lowest BCUT2D eigenvalue weighted by Crippen LogP contribution is -1.79. The van der Waals surface area contributed by atoms with E-state index in [1.54, 1.807) is 23.5 Å². The van der Waals surface area contributed by atoms with Gasteiger partial charge in [-0.25, -0.2) is 0 Å². The van der Waals surface area contributed by atoms with Gasteiger partial charge in [-0.15, -0.1) is 23.5 Å². The summed E-state index contributed by atoms with van der Waals surface area (Å²) in [5, 5.41) is 9.81. The molecule has 0 spiro atoms. The Morgan fingerprint density at radius 2 is 1.54 bits per heavy atom. The van der Waals surface area contributed by atoms with Crippen LogP contribution in [0.25, 0.3) is 0 Å². The molecule has 0 atom stereocenters. The summed E-state index contributed by atoms with van der Waals surface area (Å²) in [4.78, 5) is 1.97. The topological polar surface area (TPSA) is 20.2 Å². The van der Waals surface area contributed by atoms with Crippen LogP contribution in [0.15, 0.2) is 28.0 Å². The molecule has 0 aliphatic heterocycles. The second-order valence-corrected chi connectivity index (χ2v) is 5.08. The van der Waals surface area contributed by atoms with Crippen molar-refractivity contribution < 1.29 is 5.11 Å². The fraction of sp³-hybridized carbons (Fsp3) is 0.400. The summed E-state index contributed by atoms with van der Waals surface area (Å²) in [6.45, 7) is 4.17. The van der Waals surface area contributed by atoms with Gasteiger partial charge in [0.25, 0.3) is 0 Å². The fourth-order valence-electron chi connectivity index (χ4n) is 1.05. The first-order valence-corrected chi connectivity index (χ1v) is 6.34. The highest BCUT2D eigenvalue weighted by molar-refractivity contribution is 8.00. The minimum absolute atomic E-state index is 0.446. The maximum Gasteiger partial charge on any atom is 0.142 e. The van der Waals surface area contributed by atoms with E-state index in [1.165, 1.54) is 0 Å². The molecule has 0 unspecified atom stereocenters. The Kier molecular flexibility index (Phi) is 4.53. The Bertz CT molecular complexity index is 249. The molecule has 0 aliphatic carbocycles. The number of thioether (sulfide) groups is 2. The summed E-state index contributed by atoms with van der Waals surface area (Å²) in [5.41, 5.74) is 0. The molecule has 0 aromatic heterocycles. The van der Waals surface area contributed by atoms with E-state index < -0.39 is 0 Å². The number of rotatable bonds is 4. The van der Waals surface area contributed by atoms with Crippen LogP contribution in [0.4, 0.5) is 0 Å². The van der Waals surface area contributed by atoms with E-state index in [2.05, 4.69) is 13.8 Å². The van der Waals surface area contributed by atoms with Gasteiger partial charge in [0.2, 0.25) is 0 Å². The summed E-state index contributed by atoms with van der Waals surface area (Å²) >= 11 is 3.36. The molecule has 72 valence electrons. The molecule has 0 bridgehead atoms. The lowest BCUT2D eigenvalue weighted by Gasteiger charge is -2.06. The monoisotopic (exact) mass is 214 g/mol. The molecule has 1 rings (SSSR count). The van der Waals surface area contributed by atoms with E-state index in [4.69, 9.17) is 0 Å². The molecule has 1 aromatic rings. The summed E-state index contributed by atoms with van der Waals surface area (Å²) < 4.78 is 0. The molecule has 0 fully saturated rings. The Balaban J connectivity index is 2.89. The van der Waals surface area contributed by atoms with Gasteiger partial charge >= 0.3 is 0 Å². The zero-order valence-corrected chi connectivity index (χ0v) is 9.54. The number of phenols is 1. The van der Waals surface area contributed by atoms with Crippen LogP contribution in [0, 0.1) is 0 Å². The summed E-state index contributed by atoms with van der Waals surface area (Å²) in [5.74, 6) is 2.43. The zero-order chi connectivity index (χ0) is 9.68. The van der Waals surface area contributed by atoms with Crippen molar-refractivity contribution in [3.8, 4) is 5.75 Å². The predicted molar refractivity (Wildman–Crippen MR) is 60.9 cm³/mol. The Morgan fingerprint density at radius 3 is 1.92 bits per heavy atom. The van der Waals surface area contributed by atoms with Crippen molar-refractivity contribution >= 4 is 23.5 Å². The average Bonchev–Trinajstić information content (AvgIpc) is 2.13. The van der Waals surface area contributed by atoms with E-state index in [1.807, 2.05) is 18.2 Å². The molecule has 0 aliphatic rings. The van der Waals surface area contributed by atoms with Gasteiger partial charge in [0, 0.05) is 0 Å². The van der Waals surface area contributed by atoms with Gasteiger partial charge in [-0.05, 0) is 23.6 Å². The van der Waals surface area contributed by atoms with E-state index in [0.29, 0.717) is 5.75 Å². The molecule has 1 aromatic carbocycles. The zero-order valence-electron chi connectivity index (χ0n) is 7.91. The summed E-state index contributed by atoms with van der Waals surface area (Å²) in [7, 11) is 0. The van der Waals surface area contributed by atoms with E-state index in [9.17, 15) is 5.11 Å². The smallest absolute Gasteiger partial charge is 0.142 e. The third-order valence-corrected chi connectivity index (χ3v) is 3.42. The quantitative estimate of drug-likeness (QED) is 0.773. The van der Waals surface area contributed by atoms with Crippen molar-refractivity contribution in [1.29, 1.82) is 0 Å². The van der Waals surface area contributed by atoms with Crippen LogP contribution in [0.5, 0.6) is 5.75 Å². The van der Waals surface area contributed by atoms with Gasteiger partial charge in [0.1, 0.15) is 5.75 Å². The lowest BCUT2D eigenvalue weighted by molar-refractivity contribution is 0.449. The fourth-order valence-corrected chi connectivity index (χ4v) is 2.58. The number of phenolic OH excluding ortho intramolecular Hbond substituents is 1. The second kappa shape index (κ2) is 5.45. The summed E-state index contributed by atoms with van der Waals surface area (Å²) in [6.07, 6.45) is 0. The molecule has 0 radical (unpaired) electrons. The highest BCUT2D eigenvalue weighted by Gasteiger charge is 2.05. The SMILES string of the molecule is CCSc1cccc(SCC)c1O. The van der Waals surface area contributed by atoms with Crippen LogP contribution in [0.3, 0.4) is 0 Å². The molecule has 0 saturated carbocycles. The van der Waals surface area contributed by atoms with Crippen LogP contribution < -0.4 is 0 Å². The van der Waals surface area contributed by atoms with Gasteiger partial charge in [-0.1, -0.05) is 19.9 Å². The Hall–Kier alpha value is -0.280. The average molecular weight is 214 g/mol. The highest BCUT2D eigenvalue weighted by atomic mass is 32.2. The van der Waals surface area contributed by atoms with Crippen molar-refractivity contribution in [2.45, 2.75) is 23.6 Å². The maximum atomic E-state index is 9.81. The van der Waals surface area contributed by atoms with Gasteiger partial charge in [-0.3, -0.25) is 0 Å². The number of hydrogen-bond acceptors (Lipinski definition) is 3. The Labute approximate surface area is 87.9 Å². The Morgan fingerprint density at radius 1 is 1.08 bits per heavy atom. The van der Waals surface area contributed by atoms with E-state index in [0.717, 1.165) is 21.3 Å². The third kappa shape index (κ3) is 2.85. The third-order valence-electron chi connectivity index (χ3n) is 1.56. The van der Waals surface area contributed by atoms with Crippen LogP contribution >= 0.6 is 23.5 Å². The van der Waals surface area contributed by atoms with Crippen LogP contribution in [0.2, 0.25) is 0 Å². The minimum atomic E-state index is 0.446. The van der Waals surface area contributed by atoms with Gasteiger partial charge in [0.05, 0.1) is 9.79 Å². The van der Waals surface area contributed by atoms with E-state index >= 15 is 0 Å². The van der Waals surface area contributed by atoms with Gasteiger partial charge in [-0.2, -0.15) is 0 Å². The van der Waals surface area contributed by atoms with Gasteiger partial charge in [0.15, 0.2) is 0 Å². The van der Waals surface area contributed by atoms with Gasteiger partial charge < -0.3 is 5.11 Å². The lowest BCUT2D eigenvalue weighted by atomic mass is 10.3. The van der Waals surface area contributed by atoms with Crippen molar-refractivity contribution in [2.24, 2.45) is 0 Å².